The van der Waals surface area contributed by atoms with Gasteiger partial charge in [-0.1, -0.05) is 31.6 Å². The Labute approximate surface area is 170 Å². The molecular weight excluding hydrogens is 348 g/mol. The summed E-state index contributed by atoms with van der Waals surface area (Å²) in [4.78, 5) is 24.4. The van der Waals surface area contributed by atoms with Crippen LogP contribution in [0.25, 0.3) is 0 Å². The molecule has 156 valence electrons. The summed E-state index contributed by atoms with van der Waals surface area (Å²) in [6.45, 7) is 10.9. The van der Waals surface area contributed by atoms with Crippen molar-refractivity contribution in [3.05, 3.63) is 23.3 Å². The van der Waals surface area contributed by atoms with Gasteiger partial charge in [0.15, 0.2) is 0 Å². The molecule has 3 rings (SSSR count). The van der Waals surface area contributed by atoms with E-state index in [1.807, 2.05) is 6.08 Å². The van der Waals surface area contributed by atoms with Gasteiger partial charge in [0.05, 0.1) is 11.5 Å². The molecule has 0 bridgehead atoms. The summed E-state index contributed by atoms with van der Waals surface area (Å²) in [5.74, 6) is 1.33. The molecule has 28 heavy (non-hydrogen) atoms. The molecule has 3 nitrogen and oxygen atoms in total. The van der Waals surface area contributed by atoms with Crippen LogP contribution in [0.4, 0.5) is 0 Å². The average Bonchev–Trinajstić information content (AvgIpc) is 3.01. The minimum Gasteiger partial charge on any atom is -0.389 e. The zero-order valence-electron chi connectivity index (χ0n) is 18.3. The first-order chi connectivity index (χ1) is 13.1. The number of rotatable bonds is 5. The Morgan fingerprint density at radius 2 is 2.04 bits per heavy atom. The first-order valence-electron chi connectivity index (χ1n) is 11.1. The van der Waals surface area contributed by atoms with Gasteiger partial charge in [0.25, 0.3) is 0 Å². The second-order valence-corrected chi connectivity index (χ2v) is 10.6. The third-order valence-corrected chi connectivity index (χ3v) is 8.24. The third-order valence-electron chi connectivity index (χ3n) is 8.24. The highest BCUT2D eigenvalue weighted by Gasteiger charge is 2.56. The van der Waals surface area contributed by atoms with Crippen molar-refractivity contribution in [3.8, 4) is 0 Å². The molecule has 1 unspecified atom stereocenters. The highest BCUT2D eigenvalue weighted by atomic mass is 16.3. The lowest BCUT2D eigenvalue weighted by Gasteiger charge is -2.42. The van der Waals surface area contributed by atoms with E-state index in [9.17, 15) is 14.7 Å². The number of carbonyl (C=O) groups is 2. The molecule has 1 N–H and O–H groups in total. The van der Waals surface area contributed by atoms with Gasteiger partial charge in [0, 0.05) is 12.3 Å². The van der Waals surface area contributed by atoms with Crippen molar-refractivity contribution in [1.82, 2.24) is 0 Å². The monoisotopic (exact) mass is 386 g/mol. The Balaban J connectivity index is 1.87. The van der Waals surface area contributed by atoms with Crippen molar-refractivity contribution in [2.45, 2.75) is 85.2 Å². The van der Waals surface area contributed by atoms with Crippen LogP contribution >= 0.6 is 0 Å². The number of fused-ring (bicyclic) bond motifs is 2. The molecule has 3 aliphatic carbocycles. The number of hydrogen-bond acceptors (Lipinski definition) is 3. The van der Waals surface area contributed by atoms with Crippen molar-refractivity contribution in [2.75, 3.05) is 0 Å². The summed E-state index contributed by atoms with van der Waals surface area (Å²) in [5, 5.41) is 11.0. The standard InChI is InChI=1S/C25H38O3/c1-16(2)7-6-8-17(3)19-11-12-24(4)13-21-23(22(27)14-25(21,5)28)18(15-26)9-10-20(19)24/h7,9,15,17,19-21,23,28H,6,8,10-14H2,1-5H3/t17?,19-,20+,21+,23-,24-,25+/m1/s1. The quantitative estimate of drug-likeness (QED) is 0.517. The van der Waals surface area contributed by atoms with Gasteiger partial charge in [0.1, 0.15) is 12.1 Å². The molecule has 0 heterocycles. The highest BCUT2D eigenvalue weighted by Crippen LogP contribution is 2.59. The lowest BCUT2D eigenvalue weighted by atomic mass is 9.62. The zero-order chi connectivity index (χ0) is 20.7. The van der Waals surface area contributed by atoms with Crippen LogP contribution in [0.5, 0.6) is 0 Å². The summed E-state index contributed by atoms with van der Waals surface area (Å²) >= 11 is 0. The summed E-state index contributed by atoms with van der Waals surface area (Å²) in [6, 6.07) is 0. The number of carbonyl (C=O) groups excluding carboxylic acids is 2. The van der Waals surface area contributed by atoms with Crippen molar-refractivity contribution in [1.29, 1.82) is 0 Å². The van der Waals surface area contributed by atoms with Crippen molar-refractivity contribution < 1.29 is 14.7 Å². The van der Waals surface area contributed by atoms with Crippen LogP contribution < -0.4 is 0 Å². The van der Waals surface area contributed by atoms with E-state index in [0.29, 0.717) is 23.3 Å². The van der Waals surface area contributed by atoms with Crippen molar-refractivity contribution in [2.24, 2.45) is 35.0 Å². The smallest absolute Gasteiger partial charge is 0.146 e. The van der Waals surface area contributed by atoms with Crippen LogP contribution in [0, 0.1) is 35.0 Å². The maximum atomic E-state index is 12.6. The van der Waals surface area contributed by atoms with Crippen molar-refractivity contribution >= 4 is 12.1 Å². The molecule has 7 atom stereocenters. The fraction of sp³-hybridized carbons (Fsp3) is 0.760. The van der Waals surface area contributed by atoms with Gasteiger partial charge in [-0.05, 0) is 88.0 Å². The number of ketones is 1. The molecule has 0 aromatic heterocycles. The number of hydrogen-bond donors (Lipinski definition) is 1. The van der Waals surface area contributed by atoms with E-state index >= 15 is 0 Å². The lowest BCUT2D eigenvalue weighted by Crippen LogP contribution is -2.40. The Kier molecular flexibility index (Phi) is 6.06. The summed E-state index contributed by atoms with van der Waals surface area (Å²) < 4.78 is 0. The number of Topliss-reactive ketones (excluding diaryl/α,β-unsaturated/α-hetero) is 1. The van der Waals surface area contributed by atoms with Crippen molar-refractivity contribution in [3.63, 3.8) is 0 Å². The molecule has 0 aromatic carbocycles. The Bertz CT molecular complexity index is 682. The summed E-state index contributed by atoms with van der Waals surface area (Å²) in [6.07, 6.45) is 11.9. The average molecular weight is 387 g/mol. The van der Waals surface area contributed by atoms with Crippen LogP contribution in [0.3, 0.4) is 0 Å². The molecule has 0 amide bonds. The van der Waals surface area contributed by atoms with E-state index in [4.69, 9.17) is 0 Å². The SMILES string of the molecule is CC(C)=CCCC(C)[C@H]1CC[C@]2(C)C[C@H]3[C@H](C(=O)C[C@]3(C)O)C(C=O)=CC[C@@H]12. The number of allylic oxidation sites excluding steroid dienone is 4. The van der Waals surface area contributed by atoms with Crippen LogP contribution in [0.15, 0.2) is 23.3 Å². The summed E-state index contributed by atoms with van der Waals surface area (Å²) in [7, 11) is 0. The third kappa shape index (κ3) is 3.92. The molecule has 0 saturated heterocycles. The van der Waals surface area contributed by atoms with Gasteiger partial charge >= 0.3 is 0 Å². The van der Waals surface area contributed by atoms with E-state index in [0.717, 1.165) is 32.0 Å². The van der Waals surface area contributed by atoms with Gasteiger partial charge in [-0.2, -0.15) is 0 Å². The van der Waals surface area contributed by atoms with E-state index in [1.54, 1.807) is 6.92 Å². The van der Waals surface area contributed by atoms with Gasteiger partial charge in [-0.15, -0.1) is 0 Å². The van der Waals surface area contributed by atoms with Crippen LogP contribution in [-0.4, -0.2) is 22.8 Å². The van der Waals surface area contributed by atoms with Crippen LogP contribution in [0.1, 0.15) is 79.6 Å². The maximum Gasteiger partial charge on any atom is 0.146 e. The largest absolute Gasteiger partial charge is 0.389 e. The fourth-order valence-corrected chi connectivity index (χ4v) is 6.59. The van der Waals surface area contributed by atoms with E-state index in [-0.39, 0.29) is 23.5 Å². The molecule has 0 radical (unpaired) electrons. The second-order valence-electron chi connectivity index (χ2n) is 10.6. The van der Waals surface area contributed by atoms with Crippen LogP contribution in [-0.2, 0) is 9.59 Å². The van der Waals surface area contributed by atoms with Gasteiger partial charge in [0.2, 0.25) is 0 Å². The normalized spacial score (nSPS) is 41.4. The van der Waals surface area contributed by atoms with Gasteiger partial charge in [-0.3, -0.25) is 9.59 Å². The molecule has 2 saturated carbocycles. The van der Waals surface area contributed by atoms with Gasteiger partial charge < -0.3 is 5.11 Å². The zero-order valence-corrected chi connectivity index (χ0v) is 18.3. The first-order valence-corrected chi connectivity index (χ1v) is 11.1. The van der Waals surface area contributed by atoms with Crippen LogP contribution in [0.2, 0.25) is 0 Å². The summed E-state index contributed by atoms with van der Waals surface area (Å²) in [5.41, 5.74) is 1.14. The molecule has 0 aliphatic heterocycles. The Morgan fingerprint density at radius 1 is 1.32 bits per heavy atom. The van der Waals surface area contributed by atoms with E-state index in [1.165, 1.54) is 18.4 Å². The first kappa shape index (κ1) is 21.5. The predicted molar refractivity (Wildman–Crippen MR) is 113 cm³/mol. The molecule has 2 fully saturated rings. The minimum absolute atomic E-state index is 0.0417. The highest BCUT2D eigenvalue weighted by molar-refractivity contribution is 5.94. The number of aldehydes is 1. The minimum atomic E-state index is -0.998. The molecule has 0 aromatic rings. The molecule has 0 spiro atoms. The topological polar surface area (TPSA) is 54.4 Å². The Morgan fingerprint density at radius 3 is 2.68 bits per heavy atom. The number of aliphatic hydroxyl groups is 1. The fourth-order valence-electron chi connectivity index (χ4n) is 6.59. The van der Waals surface area contributed by atoms with E-state index in [2.05, 4.69) is 33.8 Å². The Hall–Kier alpha value is -1.22. The van der Waals surface area contributed by atoms with Gasteiger partial charge in [-0.25, -0.2) is 0 Å². The molecular formula is C25H38O3. The lowest BCUT2D eigenvalue weighted by molar-refractivity contribution is -0.121. The molecule has 3 heteroatoms. The predicted octanol–water partition coefficient (Wildman–Crippen LogP) is 5.28. The molecule has 3 aliphatic rings. The van der Waals surface area contributed by atoms with E-state index < -0.39 is 11.5 Å². The maximum absolute atomic E-state index is 12.6. The second kappa shape index (κ2) is 7.89.